The van der Waals surface area contributed by atoms with Crippen LogP contribution in [0, 0.1) is 5.82 Å². The Kier molecular flexibility index (Phi) is 13.7. The van der Waals surface area contributed by atoms with Crippen molar-refractivity contribution in [2.45, 2.75) is 25.7 Å². The molecule has 1 aliphatic heterocycles. The molecule has 1 fully saturated rings. The number of ether oxygens (including phenoxy) is 1. The molecule has 0 atom stereocenters. The van der Waals surface area contributed by atoms with Crippen molar-refractivity contribution in [2.75, 3.05) is 45.7 Å². The topological polar surface area (TPSA) is 73.8 Å². The minimum Gasteiger partial charge on any atom is -0.497 e. The van der Waals surface area contributed by atoms with Crippen LogP contribution in [0.4, 0.5) is 14.9 Å². The van der Waals surface area contributed by atoms with Crippen molar-refractivity contribution in [3.8, 4) is 16.9 Å². The molecule has 0 saturated carbocycles. The molecule has 7 heteroatoms. The van der Waals surface area contributed by atoms with Gasteiger partial charge in [0.25, 0.3) is 0 Å². The summed E-state index contributed by atoms with van der Waals surface area (Å²) in [5.74, 6) is 0.598. The van der Waals surface area contributed by atoms with Crippen molar-refractivity contribution in [3.63, 3.8) is 0 Å². The molecule has 4 rings (SSSR count). The van der Waals surface area contributed by atoms with E-state index in [-0.39, 0.29) is 11.8 Å². The normalized spacial score (nSPS) is 13.7. The molecular formula is C29H38FN3O3. The Balaban J connectivity index is 0.000000260. The highest BCUT2D eigenvalue weighted by Crippen LogP contribution is 2.19. The lowest BCUT2D eigenvalue weighted by molar-refractivity contribution is 0.208. The molecule has 3 aromatic carbocycles. The van der Waals surface area contributed by atoms with E-state index in [1.54, 1.807) is 13.2 Å². The second-order valence-corrected chi connectivity index (χ2v) is 8.19. The van der Waals surface area contributed by atoms with Crippen molar-refractivity contribution in [3.05, 3.63) is 84.7 Å². The average molecular weight is 496 g/mol. The van der Waals surface area contributed by atoms with Gasteiger partial charge in [0, 0.05) is 25.9 Å². The molecule has 3 N–H and O–H groups in total. The number of hydrogen-bond acceptors (Lipinski definition) is 4. The first-order valence-corrected chi connectivity index (χ1v) is 12.3. The van der Waals surface area contributed by atoms with Gasteiger partial charge in [-0.15, -0.1) is 0 Å². The molecular weight excluding hydrogens is 457 g/mol. The maximum absolute atomic E-state index is 12.9. The van der Waals surface area contributed by atoms with Crippen molar-refractivity contribution in [1.82, 2.24) is 10.2 Å². The number of anilines is 1. The van der Waals surface area contributed by atoms with E-state index in [0.717, 1.165) is 81.5 Å². The van der Waals surface area contributed by atoms with Crippen LogP contribution in [0.25, 0.3) is 11.1 Å². The van der Waals surface area contributed by atoms with Gasteiger partial charge in [0.05, 0.1) is 7.11 Å². The molecule has 0 radical (unpaired) electrons. The number of nitrogens with one attached hydrogen (secondary N) is 2. The first kappa shape index (κ1) is 28.8. The molecule has 0 spiro atoms. The Morgan fingerprint density at radius 1 is 0.861 bits per heavy atom. The van der Waals surface area contributed by atoms with E-state index in [1.807, 2.05) is 65.6 Å². The molecule has 0 bridgehead atoms. The first-order valence-electron chi connectivity index (χ1n) is 12.3. The molecule has 1 heterocycles. The Labute approximate surface area is 214 Å². The standard InChI is InChI=1S/C16H25N3O2.C12H9F.CH4O/c1-21-15-8-6-14(7-9-15)18-16(20)19-12-4-2-10-17-11-3-5-13-19;13-12-8-4-7-11(9-12)10-5-2-1-3-6-10;1-2/h6-9,17H,2-5,10-13H2,1H3,(H,18,20);1-9H;2H,1H3. The zero-order chi connectivity index (χ0) is 26.0. The largest absolute Gasteiger partial charge is 0.497 e. The average Bonchev–Trinajstić information content (AvgIpc) is 2.94. The predicted molar refractivity (Wildman–Crippen MR) is 145 cm³/mol. The summed E-state index contributed by atoms with van der Waals surface area (Å²) in [6.45, 7) is 3.75. The van der Waals surface area contributed by atoms with E-state index in [2.05, 4.69) is 10.6 Å². The van der Waals surface area contributed by atoms with Gasteiger partial charge in [0.1, 0.15) is 11.6 Å². The summed E-state index contributed by atoms with van der Waals surface area (Å²) in [4.78, 5) is 14.3. The Morgan fingerprint density at radius 3 is 2.06 bits per heavy atom. The molecule has 0 aromatic heterocycles. The fraction of sp³-hybridized carbons (Fsp3) is 0.345. The van der Waals surface area contributed by atoms with E-state index < -0.39 is 0 Å². The van der Waals surface area contributed by atoms with Gasteiger partial charge < -0.3 is 25.4 Å². The fourth-order valence-corrected chi connectivity index (χ4v) is 3.72. The highest BCUT2D eigenvalue weighted by molar-refractivity contribution is 5.89. The number of carbonyl (C=O) groups excluding carboxylic acids is 1. The second-order valence-electron chi connectivity index (χ2n) is 8.19. The Hall–Kier alpha value is -3.42. The number of benzene rings is 3. The van der Waals surface area contributed by atoms with Gasteiger partial charge in [-0.25, -0.2) is 9.18 Å². The van der Waals surface area contributed by atoms with Crippen LogP contribution in [0.2, 0.25) is 0 Å². The van der Waals surface area contributed by atoms with E-state index in [4.69, 9.17) is 9.84 Å². The van der Waals surface area contributed by atoms with Gasteiger partial charge in [-0.2, -0.15) is 0 Å². The van der Waals surface area contributed by atoms with E-state index in [9.17, 15) is 9.18 Å². The van der Waals surface area contributed by atoms with Crippen LogP contribution in [-0.4, -0.2) is 56.4 Å². The third-order valence-electron chi connectivity index (χ3n) is 5.62. The number of rotatable bonds is 3. The zero-order valence-electron chi connectivity index (χ0n) is 21.3. The maximum Gasteiger partial charge on any atom is 0.321 e. The third-order valence-corrected chi connectivity index (χ3v) is 5.62. The molecule has 6 nitrogen and oxygen atoms in total. The minimum absolute atomic E-state index is 0.00583. The summed E-state index contributed by atoms with van der Waals surface area (Å²) < 4.78 is 18.0. The van der Waals surface area contributed by atoms with Crippen LogP contribution in [-0.2, 0) is 0 Å². The van der Waals surface area contributed by atoms with Gasteiger partial charge in [-0.1, -0.05) is 42.5 Å². The lowest BCUT2D eigenvalue weighted by Gasteiger charge is -2.24. The quantitative estimate of drug-likeness (QED) is 0.430. The summed E-state index contributed by atoms with van der Waals surface area (Å²) in [5.41, 5.74) is 2.77. The summed E-state index contributed by atoms with van der Waals surface area (Å²) in [7, 11) is 2.63. The maximum atomic E-state index is 12.9. The van der Waals surface area contributed by atoms with E-state index in [0.29, 0.717) is 0 Å². The van der Waals surface area contributed by atoms with E-state index in [1.165, 1.54) is 12.1 Å². The number of methoxy groups -OCH3 is 1. The first-order chi connectivity index (χ1) is 17.7. The highest BCUT2D eigenvalue weighted by Gasteiger charge is 2.13. The summed E-state index contributed by atoms with van der Waals surface area (Å²) >= 11 is 0. The molecule has 36 heavy (non-hydrogen) atoms. The smallest absolute Gasteiger partial charge is 0.321 e. The van der Waals surface area contributed by atoms with Crippen molar-refractivity contribution >= 4 is 11.7 Å². The van der Waals surface area contributed by atoms with Crippen LogP contribution in [0.5, 0.6) is 5.75 Å². The lowest BCUT2D eigenvalue weighted by atomic mass is 10.1. The number of carbonyl (C=O) groups is 1. The number of nitrogens with zero attached hydrogens (tertiary/aromatic N) is 1. The molecule has 194 valence electrons. The molecule has 0 unspecified atom stereocenters. The van der Waals surface area contributed by atoms with E-state index >= 15 is 0 Å². The van der Waals surface area contributed by atoms with Gasteiger partial charge in [-0.05, 0) is 86.3 Å². The van der Waals surface area contributed by atoms with Crippen molar-refractivity contribution in [2.24, 2.45) is 0 Å². The number of aliphatic hydroxyl groups excluding tert-OH is 1. The fourth-order valence-electron chi connectivity index (χ4n) is 3.72. The minimum atomic E-state index is -0.193. The molecule has 2 amide bonds. The molecule has 3 aromatic rings. The van der Waals surface area contributed by atoms with Crippen LogP contribution in [0.1, 0.15) is 25.7 Å². The third kappa shape index (κ3) is 10.5. The predicted octanol–water partition coefficient (Wildman–Crippen LogP) is 5.79. The summed E-state index contributed by atoms with van der Waals surface area (Å²) in [5, 5.41) is 13.4. The number of urea groups is 1. The van der Waals surface area contributed by atoms with Crippen molar-refractivity contribution < 1.29 is 19.0 Å². The van der Waals surface area contributed by atoms with Gasteiger partial charge >= 0.3 is 6.03 Å². The van der Waals surface area contributed by atoms with Gasteiger partial charge in [0.15, 0.2) is 0 Å². The monoisotopic (exact) mass is 495 g/mol. The van der Waals surface area contributed by atoms with Gasteiger partial charge in [0.2, 0.25) is 0 Å². The Morgan fingerprint density at radius 2 is 1.47 bits per heavy atom. The number of aliphatic hydroxyl groups is 1. The summed E-state index contributed by atoms with van der Waals surface area (Å²) in [6, 6.07) is 23.8. The number of halogens is 1. The second kappa shape index (κ2) is 17.1. The van der Waals surface area contributed by atoms with Crippen LogP contribution in [0.3, 0.4) is 0 Å². The molecule has 1 saturated heterocycles. The van der Waals surface area contributed by atoms with Crippen molar-refractivity contribution in [1.29, 1.82) is 0 Å². The summed E-state index contributed by atoms with van der Waals surface area (Å²) in [6.07, 6.45) is 4.32. The molecule has 1 aliphatic rings. The van der Waals surface area contributed by atoms with Crippen LogP contribution < -0.4 is 15.4 Å². The Bertz CT molecular complexity index is 990. The van der Waals surface area contributed by atoms with Gasteiger partial charge in [-0.3, -0.25) is 0 Å². The number of hydrogen-bond donors (Lipinski definition) is 3. The zero-order valence-corrected chi connectivity index (χ0v) is 21.3. The SMILES string of the molecule is CO.COc1ccc(NC(=O)N2CCCCNCCCC2)cc1.Fc1cccc(-c2ccccc2)c1. The number of amides is 2. The highest BCUT2D eigenvalue weighted by atomic mass is 19.1. The van der Waals surface area contributed by atoms with Crippen LogP contribution >= 0.6 is 0 Å². The lowest BCUT2D eigenvalue weighted by Crippen LogP contribution is -2.37. The molecule has 0 aliphatic carbocycles. The van der Waals surface area contributed by atoms with Crippen LogP contribution in [0.15, 0.2) is 78.9 Å².